The molecule has 7 nitrogen and oxygen atoms in total. The summed E-state index contributed by atoms with van der Waals surface area (Å²) in [5.41, 5.74) is 3.73. The molecule has 136 valence electrons. The first-order chi connectivity index (χ1) is 13.1. The third-order valence-electron chi connectivity index (χ3n) is 4.51. The van der Waals surface area contributed by atoms with Crippen LogP contribution in [0.5, 0.6) is 0 Å². The van der Waals surface area contributed by atoms with Crippen LogP contribution in [0.2, 0.25) is 0 Å². The summed E-state index contributed by atoms with van der Waals surface area (Å²) < 4.78 is 3.77. The summed E-state index contributed by atoms with van der Waals surface area (Å²) >= 11 is 0. The molecule has 0 aliphatic rings. The van der Waals surface area contributed by atoms with Crippen molar-refractivity contribution in [3.05, 3.63) is 66.6 Å². The highest BCUT2D eigenvalue weighted by Gasteiger charge is 2.10. The second-order valence-electron chi connectivity index (χ2n) is 6.70. The molecule has 0 radical (unpaired) electrons. The fourth-order valence-corrected chi connectivity index (χ4v) is 3.17. The second-order valence-corrected chi connectivity index (χ2v) is 6.70. The minimum absolute atomic E-state index is 0.0463. The summed E-state index contributed by atoms with van der Waals surface area (Å²) in [4.78, 5) is 12.5. The van der Waals surface area contributed by atoms with E-state index in [0.29, 0.717) is 12.5 Å². The van der Waals surface area contributed by atoms with Gasteiger partial charge in [-0.25, -0.2) is 4.68 Å². The Balaban J connectivity index is 1.49. The predicted molar refractivity (Wildman–Crippen MR) is 104 cm³/mol. The number of rotatable bonds is 5. The molecule has 0 unspecified atom stereocenters. The van der Waals surface area contributed by atoms with E-state index in [1.54, 1.807) is 4.68 Å². The maximum Gasteiger partial charge on any atom is 0.228 e. The smallest absolute Gasteiger partial charge is 0.228 e. The van der Waals surface area contributed by atoms with Gasteiger partial charge in [-0.1, -0.05) is 18.2 Å². The number of hydrogen-bond donors (Lipinski definition) is 1. The molecule has 0 atom stereocenters. The van der Waals surface area contributed by atoms with E-state index in [1.807, 2.05) is 42.5 Å². The number of aromatic nitrogens is 5. The first-order valence-corrected chi connectivity index (χ1v) is 8.83. The fraction of sp³-hybridized carbons (Fsp3) is 0.200. The van der Waals surface area contributed by atoms with Gasteiger partial charge in [0.15, 0.2) is 0 Å². The van der Waals surface area contributed by atoms with E-state index in [9.17, 15) is 4.79 Å². The summed E-state index contributed by atoms with van der Waals surface area (Å²) in [6, 6.07) is 16.0. The monoisotopic (exact) mass is 360 g/mol. The Morgan fingerprint density at radius 2 is 1.93 bits per heavy atom. The van der Waals surface area contributed by atoms with Crippen LogP contribution in [0.25, 0.3) is 16.6 Å². The summed E-state index contributed by atoms with van der Waals surface area (Å²) in [5.74, 6) is -0.0463. The Morgan fingerprint density at radius 1 is 1.11 bits per heavy atom. The van der Waals surface area contributed by atoms with Crippen LogP contribution in [-0.2, 0) is 11.2 Å². The molecule has 4 aromatic rings. The Bertz CT molecular complexity index is 1060. The number of nitrogens with one attached hydrogen (secondary N) is 1. The zero-order chi connectivity index (χ0) is 18.8. The quantitative estimate of drug-likeness (QED) is 0.592. The van der Waals surface area contributed by atoms with Gasteiger partial charge in [0, 0.05) is 17.6 Å². The first kappa shape index (κ1) is 17.0. The van der Waals surface area contributed by atoms with Gasteiger partial charge < -0.3 is 9.88 Å². The number of carbonyl (C=O) groups excluding carboxylic acids is 1. The van der Waals surface area contributed by atoms with E-state index in [4.69, 9.17) is 0 Å². The Morgan fingerprint density at radius 3 is 2.63 bits per heavy atom. The van der Waals surface area contributed by atoms with Crippen molar-refractivity contribution in [1.82, 2.24) is 24.8 Å². The van der Waals surface area contributed by atoms with Crippen LogP contribution in [0.3, 0.4) is 0 Å². The van der Waals surface area contributed by atoms with Crippen molar-refractivity contribution in [3.8, 4) is 5.69 Å². The van der Waals surface area contributed by atoms with E-state index in [2.05, 4.69) is 51.5 Å². The highest BCUT2D eigenvalue weighted by Crippen LogP contribution is 2.27. The molecule has 2 heterocycles. The molecule has 2 aromatic carbocycles. The second kappa shape index (κ2) is 7.03. The lowest BCUT2D eigenvalue weighted by molar-refractivity contribution is -0.115. The Hall–Kier alpha value is -3.48. The van der Waals surface area contributed by atoms with E-state index < -0.39 is 0 Å². The van der Waals surface area contributed by atoms with Gasteiger partial charge in [-0.05, 0) is 60.2 Å². The van der Waals surface area contributed by atoms with Gasteiger partial charge in [0.2, 0.25) is 5.91 Å². The zero-order valence-corrected chi connectivity index (χ0v) is 15.2. The van der Waals surface area contributed by atoms with Gasteiger partial charge in [-0.3, -0.25) is 4.79 Å². The third-order valence-corrected chi connectivity index (χ3v) is 4.51. The van der Waals surface area contributed by atoms with E-state index in [1.165, 1.54) is 6.33 Å². The number of tetrazole rings is 1. The van der Waals surface area contributed by atoms with Crippen LogP contribution < -0.4 is 5.32 Å². The number of hydrogen-bond acceptors (Lipinski definition) is 4. The fourth-order valence-electron chi connectivity index (χ4n) is 3.17. The maximum atomic E-state index is 12.5. The lowest BCUT2D eigenvalue weighted by Crippen LogP contribution is -2.14. The summed E-state index contributed by atoms with van der Waals surface area (Å²) in [6.45, 7) is 4.29. The molecule has 0 saturated carbocycles. The van der Waals surface area contributed by atoms with E-state index in [0.717, 1.165) is 27.8 Å². The molecule has 1 N–H and O–H groups in total. The topological polar surface area (TPSA) is 77.6 Å². The lowest BCUT2D eigenvalue weighted by Gasteiger charge is -2.11. The van der Waals surface area contributed by atoms with Gasteiger partial charge >= 0.3 is 0 Å². The number of benzene rings is 2. The van der Waals surface area contributed by atoms with Crippen molar-refractivity contribution in [2.24, 2.45) is 0 Å². The molecule has 27 heavy (non-hydrogen) atoms. The number of fused-ring (bicyclic) bond motifs is 1. The minimum Gasteiger partial charge on any atom is -0.345 e. The molecule has 2 aromatic heterocycles. The van der Waals surface area contributed by atoms with Crippen molar-refractivity contribution in [2.45, 2.75) is 26.3 Å². The number of anilines is 1. The molecule has 0 fully saturated rings. The van der Waals surface area contributed by atoms with Crippen LogP contribution in [0.4, 0.5) is 5.69 Å². The summed E-state index contributed by atoms with van der Waals surface area (Å²) in [5, 5.41) is 15.2. The van der Waals surface area contributed by atoms with Gasteiger partial charge in [-0.15, -0.1) is 5.10 Å². The molecule has 4 rings (SSSR count). The number of nitrogens with zero attached hydrogens (tertiary/aromatic N) is 5. The highest BCUT2D eigenvalue weighted by atomic mass is 16.1. The zero-order valence-electron chi connectivity index (χ0n) is 15.2. The van der Waals surface area contributed by atoms with Crippen molar-refractivity contribution < 1.29 is 4.79 Å². The van der Waals surface area contributed by atoms with Crippen molar-refractivity contribution in [2.75, 3.05) is 5.32 Å². The molecular formula is C20H20N6O. The molecule has 0 aliphatic heterocycles. The summed E-state index contributed by atoms with van der Waals surface area (Å²) in [7, 11) is 0. The average molecular weight is 360 g/mol. The van der Waals surface area contributed by atoms with Crippen LogP contribution in [0, 0.1) is 0 Å². The van der Waals surface area contributed by atoms with Crippen molar-refractivity contribution >= 4 is 22.5 Å². The highest BCUT2D eigenvalue weighted by molar-refractivity contribution is 6.02. The van der Waals surface area contributed by atoms with E-state index >= 15 is 0 Å². The largest absolute Gasteiger partial charge is 0.345 e. The van der Waals surface area contributed by atoms with Crippen LogP contribution in [-0.4, -0.2) is 30.7 Å². The van der Waals surface area contributed by atoms with Crippen LogP contribution in [0.15, 0.2) is 61.1 Å². The molecule has 0 saturated heterocycles. The number of carbonyl (C=O) groups is 1. The molecular weight excluding hydrogens is 340 g/mol. The maximum absolute atomic E-state index is 12.5. The average Bonchev–Trinajstić information content (AvgIpc) is 3.32. The third kappa shape index (κ3) is 3.44. The van der Waals surface area contributed by atoms with Gasteiger partial charge in [-0.2, -0.15) is 0 Å². The Kier molecular flexibility index (Phi) is 4.42. The first-order valence-electron chi connectivity index (χ1n) is 8.83. The lowest BCUT2D eigenvalue weighted by atomic mass is 10.1. The molecule has 0 bridgehead atoms. The van der Waals surface area contributed by atoms with Crippen molar-refractivity contribution in [3.63, 3.8) is 0 Å². The minimum atomic E-state index is -0.0463. The van der Waals surface area contributed by atoms with Gasteiger partial charge in [0.05, 0.1) is 23.3 Å². The summed E-state index contributed by atoms with van der Waals surface area (Å²) in [6.07, 6.45) is 3.89. The van der Waals surface area contributed by atoms with E-state index in [-0.39, 0.29) is 5.91 Å². The molecule has 7 heteroatoms. The SMILES string of the molecule is CC(C)n1ccc2c(NC(=O)Cc3ccc(-n4cnnn4)cc3)cccc21. The Labute approximate surface area is 156 Å². The molecule has 0 spiro atoms. The normalized spacial score (nSPS) is 11.2. The van der Waals surface area contributed by atoms with Gasteiger partial charge in [0.25, 0.3) is 0 Å². The van der Waals surface area contributed by atoms with Gasteiger partial charge in [0.1, 0.15) is 6.33 Å². The standard InChI is InChI=1S/C20H20N6O/c1-14(2)25-11-10-17-18(4-3-5-19(17)25)22-20(27)12-15-6-8-16(9-7-15)26-13-21-23-24-26/h3-11,13-14H,12H2,1-2H3,(H,22,27). The van der Waals surface area contributed by atoms with Crippen LogP contribution in [0.1, 0.15) is 25.5 Å². The van der Waals surface area contributed by atoms with Crippen LogP contribution >= 0.6 is 0 Å². The molecule has 1 amide bonds. The number of amides is 1. The van der Waals surface area contributed by atoms with Crippen molar-refractivity contribution in [1.29, 1.82) is 0 Å². The predicted octanol–water partition coefficient (Wildman–Crippen LogP) is 3.38. The molecule has 0 aliphatic carbocycles.